The van der Waals surface area contributed by atoms with Crippen LogP contribution < -0.4 is 5.32 Å². The zero-order chi connectivity index (χ0) is 6.78. The molecule has 6 heteroatoms. The first-order chi connectivity index (χ1) is 3.42. The van der Waals surface area contributed by atoms with Crippen LogP contribution in [0.15, 0.2) is 0 Å². The number of rotatable bonds is 1. The predicted octanol–water partition coefficient (Wildman–Crippen LogP) is 1.18. The van der Waals surface area contributed by atoms with Crippen LogP contribution in [0.3, 0.4) is 0 Å². The van der Waals surface area contributed by atoms with Crippen molar-refractivity contribution in [3.63, 3.8) is 0 Å². The molecule has 0 spiro atoms. The van der Waals surface area contributed by atoms with Gasteiger partial charge in [-0.15, -0.1) is 0 Å². The smallest absolute Gasteiger partial charge is 0.260 e. The van der Waals surface area contributed by atoms with Crippen LogP contribution in [-0.2, 0) is 5.11 Å². The first-order valence-corrected chi connectivity index (χ1v) is 2.23. The summed E-state index contributed by atoms with van der Waals surface area (Å²) < 4.78 is 8.69. The highest BCUT2D eigenvalue weighted by Crippen LogP contribution is 2.17. The van der Waals surface area contributed by atoms with E-state index >= 15 is 0 Å². The van der Waals surface area contributed by atoms with Crippen molar-refractivity contribution < 1.29 is 14.3 Å². The average Bonchev–Trinajstić information content (AvgIpc) is 1.21. The maximum atomic E-state index is 11.6. The Kier molecular flexibility index (Phi) is 2.30. The molecular weight excluding hydrogens is 160 g/mol. The van der Waals surface area contributed by atoms with Gasteiger partial charge in [-0.3, -0.25) is 5.32 Å². The number of hydrogen-bond acceptors (Lipinski definition) is 1. The fourth-order valence-electron chi connectivity index (χ4n) is 0.116. The van der Waals surface area contributed by atoms with Crippen LogP contribution in [0.2, 0.25) is 0 Å². The Morgan fingerprint density at radius 1 is 1.62 bits per heavy atom. The van der Waals surface area contributed by atoms with Crippen molar-refractivity contribution in [3.8, 4) is 0 Å². The van der Waals surface area contributed by atoms with E-state index in [0.717, 1.165) is 5.32 Å². The van der Waals surface area contributed by atoms with E-state index < -0.39 is 10.8 Å². The van der Waals surface area contributed by atoms with Crippen LogP contribution in [0.1, 0.15) is 0 Å². The minimum atomic E-state index is -2.95. The highest BCUT2D eigenvalue weighted by atomic mass is 35.5. The quantitative estimate of drug-likeness (QED) is 0.455. The number of alkyl halides is 3. The summed E-state index contributed by atoms with van der Waals surface area (Å²) in [6.07, 6.45) is -1.86. The second-order valence-electron chi connectivity index (χ2n) is 0.910. The van der Waals surface area contributed by atoms with E-state index in [2.05, 4.69) is 23.2 Å². The fourth-order valence-corrected chi connectivity index (χ4v) is 0.270. The molecule has 0 aliphatic rings. The molecule has 0 unspecified atom stereocenters. The highest BCUT2D eigenvalue weighted by molar-refractivity contribution is 6.47. The topological polar surface area (TPSA) is 49.0 Å². The van der Waals surface area contributed by atoms with Gasteiger partial charge >= 0.3 is 10.8 Å². The Morgan fingerprint density at radius 2 is 2.00 bits per heavy atom. The zero-order valence-electron chi connectivity index (χ0n) is 3.45. The van der Waals surface area contributed by atoms with Crippen LogP contribution in [0.5, 0.6) is 0 Å². The molecule has 0 aliphatic heterocycles. The lowest BCUT2D eigenvalue weighted by Gasteiger charge is -2.04. The summed E-state index contributed by atoms with van der Waals surface area (Å²) in [5.74, 6) is 0. The molecule has 47 valence electrons. The summed E-state index contributed by atoms with van der Waals surface area (Å²) in [7, 11) is 0. The molecule has 0 aromatic heterocycles. The Labute approximate surface area is 54.4 Å². The Balaban J connectivity index is 3.55. The molecule has 0 aliphatic carbocycles. The van der Waals surface area contributed by atoms with Gasteiger partial charge in [-0.1, -0.05) is 0 Å². The first-order valence-electron chi connectivity index (χ1n) is 1.48. The van der Waals surface area contributed by atoms with Gasteiger partial charge < -0.3 is 0 Å². The van der Waals surface area contributed by atoms with Gasteiger partial charge in [0.1, 0.15) is 0 Å². The SMILES string of the molecule is [O]C(=O)NC(F)(Cl)Cl. The minimum absolute atomic E-state index is 1.05. The number of carbonyl (C=O) groups is 1. The van der Waals surface area contributed by atoms with Crippen molar-refractivity contribution in [2.45, 2.75) is 4.71 Å². The van der Waals surface area contributed by atoms with Crippen LogP contribution >= 0.6 is 23.2 Å². The molecule has 0 atom stereocenters. The lowest BCUT2D eigenvalue weighted by Crippen LogP contribution is -2.33. The van der Waals surface area contributed by atoms with E-state index in [1.165, 1.54) is 0 Å². The van der Waals surface area contributed by atoms with Gasteiger partial charge in [0, 0.05) is 0 Å². The second-order valence-corrected chi connectivity index (χ2v) is 2.15. The van der Waals surface area contributed by atoms with Crippen molar-refractivity contribution in [1.29, 1.82) is 0 Å². The van der Waals surface area contributed by atoms with E-state index in [0.29, 0.717) is 0 Å². The number of halogens is 3. The average molecular weight is 161 g/mol. The number of nitrogens with one attached hydrogen (secondary N) is 1. The summed E-state index contributed by atoms with van der Waals surface area (Å²) in [5.41, 5.74) is 0. The maximum Gasteiger partial charge on any atom is 0.454 e. The van der Waals surface area contributed by atoms with Crippen LogP contribution in [-0.4, -0.2) is 10.8 Å². The highest BCUT2D eigenvalue weighted by Gasteiger charge is 2.24. The molecule has 0 saturated carbocycles. The lowest BCUT2D eigenvalue weighted by molar-refractivity contribution is 0.155. The van der Waals surface area contributed by atoms with Crippen LogP contribution in [0, 0.1) is 0 Å². The van der Waals surface area contributed by atoms with E-state index in [1.54, 1.807) is 0 Å². The monoisotopic (exact) mass is 160 g/mol. The molecule has 3 nitrogen and oxygen atoms in total. The summed E-state index contributed by atoms with van der Waals surface area (Å²) in [6, 6.07) is 0. The molecule has 0 rings (SSSR count). The number of hydrogen-bond donors (Lipinski definition) is 1. The number of carbonyl (C=O) groups excluding carboxylic acids is 1. The van der Waals surface area contributed by atoms with E-state index in [1.807, 2.05) is 0 Å². The second kappa shape index (κ2) is 2.37. The third-order valence-corrected chi connectivity index (χ3v) is 0.433. The van der Waals surface area contributed by atoms with Crippen molar-refractivity contribution in [2.75, 3.05) is 0 Å². The summed E-state index contributed by atoms with van der Waals surface area (Å²) in [5, 5.41) is 10.4. The maximum absolute atomic E-state index is 11.6. The van der Waals surface area contributed by atoms with E-state index in [-0.39, 0.29) is 0 Å². The third kappa shape index (κ3) is 5.78. The lowest BCUT2D eigenvalue weighted by atomic mass is 11.1. The van der Waals surface area contributed by atoms with Gasteiger partial charge in [0.2, 0.25) is 0 Å². The molecule has 0 bridgehead atoms. The summed E-state index contributed by atoms with van der Waals surface area (Å²) >= 11 is 8.99. The molecule has 1 N–H and O–H groups in total. The van der Waals surface area contributed by atoms with Crippen molar-refractivity contribution >= 4 is 29.3 Å². The van der Waals surface area contributed by atoms with Crippen molar-refractivity contribution in [2.24, 2.45) is 0 Å². The molecule has 0 aromatic carbocycles. The molecule has 0 fully saturated rings. The molecule has 0 aromatic rings. The Morgan fingerprint density at radius 3 is 2.00 bits per heavy atom. The molecular formula is C2HCl2FNO2. The summed E-state index contributed by atoms with van der Waals surface area (Å²) in [4.78, 5) is 9.38. The summed E-state index contributed by atoms with van der Waals surface area (Å²) in [6.45, 7) is 0. The Hall–Kier alpha value is -0.220. The van der Waals surface area contributed by atoms with Gasteiger partial charge in [-0.05, 0) is 23.2 Å². The predicted molar refractivity (Wildman–Crippen MR) is 24.8 cm³/mol. The fraction of sp³-hybridized carbons (Fsp3) is 0.500. The van der Waals surface area contributed by atoms with Gasteiger partial charge in [-0.2, -0.15) is 4.39 Å². The van der Waals surface area contributed by atoms with Gasteiger partial charge in [0.15, 0.2) is 0 Å². The van der Waals surface area contributed by atoms with Crippen molar-refractivity contribution in [1.82, 2.24) is 5.32 Å². The normalized spacial score (nSPS) is 10.9. The minimum Gasteiger partial charge on any atom is -0.260 e. The third-order valence-electron chi connectivity index (χ3n) is 0.244. The number of amides is 1. The van der Waals surface area contributed by atoms with Crippen LogP contribution in [0.25, 0.3) is 0 Å². The molecule has 8 heavy (non-hydrogen) atoms. The van der Waals surface area contributed by atoms with Crippen LogP contribution in [0.4, 0.5) is 9.18 Å². The molecule has 1 radical (unpaired) electrons. The molecule has 1 amide bonds. The van der Waals surface area contributed by atoms with Gasteiger partial charge in [0.05, 0.1) is 0 Å². The molecule has 0 saturated heterocycles. The first kappa shape index (κ1) is 7.78. The van der Waals surface area contributed by atoms with Crippen molar-refractivity contribution in [3.05, 3.63) is 0 Å². The zero-order valence-corrected chi connectivity index (χ0v) is 4.96. The van der Waals surface area contributed by atoms with E-state index in [9.17, 15) is 14.3 Å². The van der Waals surface area contributed by atoms with E-state index in [4.69, 9.17) is 0 Å². The van der Waals surface area contributed by atoms with Gasteiger partial charge in [0.25, 0.3) is 0 Å². The van der Waals surface area contributed by atoms with Gasteiger partial charge in [-0.25, -0.2) is 9.90 Å². The largest absolute Gasteiger partial charge is 0.454 e. The molecule has 0 heterocycles. The standard InChI is InChI=1S/C2HCl2FNO2/c3-2(4,5)6-1(7)8/h6H. The Bertz CT molecular complexity index is 101.